The van der Waals surface area contributed by atoms with Crippen molar-refractivity contribution in [3.63, 3.8) is 0 Å². The van der Waals surface area contributed by atoms with Gasteiger partial charge in [-0.1, -0.05) is 30.3 Å². The molecule has 1 aliphatic heterocycles. The minimum Gasteiger partial charge on any atom is -0.493 e. The summed E-state index contributed by atoms with van der Waals surface area (Å²) in [4.78, 5) is 33.3. The first kappa shape index (κ1) is 32.2. The highest BCUT2D eigenvalue weighted by molar-refractivity contribution is 7.99. The number of aliphatic hydroxyl groups is 1. The Morgan fingerprint density at radius 2 is 1.78 bits per heavy atom. The van der Waals surface area contributed by atoms with E-state index in [0.29, 0.717) is 50.1 Å². The van der Waals surface area contributed by atoms with E-state index in [0.717, 1.165) is 17.7 Å². The molecule has 15 heteroatoms. The molecule has 1 fully saturated rings. The number of H-pyrrole nitrogens is 1. The van der Waals surface area contributed by atoms with Crippen molar-refractivity contribution < 1.29 is 41.7 Å². The van der Waals surface area contributed by atoms with E-state index in [4.69, 9.17) is 4.74 Å². The molecule has 4 aromatic rings. The minimum atomic E-state index is -5.05. The molecular weight excluding hydrogens is 623 g/mol. The Morgan fingerprint density at radius 3 is 2.44 bits per heavy atom. The number of alkyl halides is 3. The van der Waals surface area contributed by atoms with Gasteiger partial charge in [-0.05, 0) is 23.8 Å². The summed E-state index contributed by atoms with van der Waals surface area (Å²) in [7, 11) is 0. The van der Waals surface area contributed by atoms with Crippen LogP contribution in [0.1, 0.15) is 11.1 Å². The van der Waals surface area contributed by atoms with Crippen LogP contribution in [0, 0.1) is 11.6 Å². The molecule has 0 spiro atoms. The van der Waals surface area contributed by atoms with Crippen molar-refractivity contribution >= 4 is 28.8 Å². The first-order valence-corrected chi connectivity index (χ1v) is 14.7. The van der Waals surface area contributed by atoms with Crippen LogP contribution in [-0.4, -0.2) is 80.7 Å². The number of halogens is 5. The van der Waals surface area contributed by atoms with Crippen molar-refractivity contribution in [2.45, 2.75) is 23.8 Å². The van der Waals surface area contributed by atoms with Crippen molar-refractivity contribution in [3.05, 3.63) is 87.8 Å². The monoisotopic (exact) mass is 650 g/mol. The zero-order valence-electron chi connectivity index (χ0n) is 23.5. The molecule has 1 saturated heterocycles. The van der Waals surface area contributed by atoms with Gasteiger partial charge in [-0.15, -0.1) is 11.8 Å². The Morgan fingerprint density at radius 1 is 1.07 bits per heavy atom. The standard InChI is InChI=1S/C30H27F5N4O5S/c31-18-6-7-20(23(32)12-18)24-22(30(33,34)35)13-21-25(36-28(42)37-27(21)41)26(24)45-16-19(40)14-38-8-10-39(11-9-38)29(43)44-15-17-4-2-1-3-5-17/h1-7,12-13,19,40H,8-11,14-16H2,(H2,36,37,41,42)/t19-/m1/s1. The Bertz CT molecular complexity index is 1750. The molecule has 0 unspecified atom stereocenters. The summed E-state index contributed by atoms with van der Waals surface area (Å²) < 4.78 is 76.9. The molecule has 0 aliphatic carbocycles. The Hall–Kier alpha value is -4.21. The number of amides is 1. The highest BCUT2D eigenvalue weighted by Gasteiger charge is 2.37. The summed E-state index contributed by atoms with van der Waals surface area (Å²) in [5, 5.41) is 20.7. The Balaban J connectivity index is 1.33. The quantitative estimate of drug-likeness (QED) is 0.180. The van der Waals surface area contributed by atoms with Gasteiger partial charge >= 0.3 is 18.0 Å². The van der Waals surface area contributed by atoms with Crippen LogP contribution in [0.15, 0.2) is 64.3 Å². The largest absolute Gasteiger partial charge is 0.493 e. The van der Waals surface area contributed by atoms with Crippen LogP contribution in [-0.2, 0) is 17.5 Å². The van der Waals surface area contributed by atoms with Gasteiger partial charge in [0.1, 0.15) is 18.2 Å². The van der Waals surface area contributed by atoms with Gasteiger partial charge in [0.05, 0.1) is 22.6 Å². The third kappa shape index (κ3) is 7.54. The summed E-state index contributed by atoms with van der Waals surface area (Å²) in [5.74, 6) is -3.44. The average Bonchev–Trinajstić information content (AvgIpc) is 2.99. The number of hydrogen-bond acceptors (Lipinski definition) is 8. The predicted octanol–water partition coefficient (Wildman–Crippen LogP) is 5.00. The molecule has 3 aromatic carbocycles. The van der Waals surface area contributed by atoms with E-state index < -0.39 is 63.7 Å². The molecule has 9 nitrogen and oxygen atoms in total. The fourth-order valence-corrected chi connectivity index (χ4v) is 6.17. The molecule has 1 aliphatic rings. The van der Waals surface area contributed by atoms with E-state index in [-0.39, 0.29) is 29.3 Å². The maximum Gasteiger partial charge on any atom is 0.417 e. The molecule has 1 amide bonds. The number of nitrogens with zero attached hydrogens (tertiary/aromatic N) is 3. The minimum absolute atomic E-state index is 0.0976. The van der Waals surface area contributed by atoms with Gasteiger partial charge in [0, 0.05) is 60.6 Å². The summed E-state index contributed by atoms with van der Waals surface area (Å²) >= 11 is 0.708. The lowest BCUT2D eigenvalue weighted by molar-refractivity contribution is -0.137. The highest BCUT2D eigenvalue weighted by atomic mass is 32.2. The molecule has 0 radical (unpaired) electrons. The molecule has 45 heavy (non-hydrogen) atoms. The molecule has 3 N–H and O–H groups in total. The third-order valence-electron chi connectivity index (χ3n) is 7.19. The van der Waals surface area contributed by atoms with Gasteiger partial charge in [-0.3, -0.25) is 4.90 Å². The van der Waals surface area contributed by atoms with Gasteiger partial charge < -0.3 is 24.8 Å². The number of aromatic amines is 1. The van der Waals surface area contributed by atoms with E-state index in [1.54, 1.807) is 0 Å². The van der Waals surface area contributed by atoms with E-state index in [1.165, 1.54) is 4.90 Å². The van der Waals surface area contributed by atoms with E-state index in [9.17, 15) is 41.8 Å². The highest BCUT2D eigenvalue weighted by Crippen LogP contribution is 2.47. The van der Waals surface area contributed by atoms with Crippen LogP contribution in [0.2, 0.25) is 0 Å². The lowest BCUT2D eigenvalue weighted by Gasteiger charge is -2.35. The zero-order chi connectivity index (χ0) is 32.3. The topological polar surface area (TPSA) is 119 Å². The van der Waals surface area contributed by atoms with Gasteiger partial charge in [0.25, 0.3) is 0 Å². The Kier molecular flexibility index (Phi) is 9.60. The van der Waals surface area contributed by atoms with Crippen molar-refractivity contribution in [3.8, 4) is 17.0 Å². The van der Waals surface area contributed by atoms with Crippen LogP contribution in [0.25, 0.3) is 22.0 Å². The van der Waals surface area contributed by atoms with E-state index in [1.807, 2.05) is 35.2 Å². The number of nitrogens with one attached hydrogen (secondary N) is 1. The maximum atomic E-state index is 14.9. The number of piperazine rings is 1. The second-order valence-corrected chi connectivity index (χ2v) is 11.4. The summed E-state index contributed by atoms with van der Waals surface area (Å²) in [5.41, 5.74) is -3.09. The van der Waals surface area contributed by atoms with Gasteiger partial charge in [-0.2, -0.15) is 18.2 Å². The lowest BCUT2D eigenvalue weighted by Crippen LogP contribution is -2.50. The predicted molar refractivity (Wildman–Crippen MR) is 156 cm³/mol. The SMILES string of the molecule is O=C(OCc1ccccc1)N1CCN(C[C@@H](O)CSc2c(-c3ccc(F)cc3F)c(C(F)(F)F)cc3c(O)nc(=O)[nH]c23)CC1. The fourth-order valence-electron chi connectivity index (χ4n) is 5.03. The van der Waals surface area contributed by atoms with Gasteiger partial charge in [-0.25, -0.2) is 18.4 Å². The number of aromatic nitrogens is 2. The van der Waals surface area contributed by atoms with Crippen LogP contribution in [0.5, 0.6) is 5.88 Å². The average molecular weight is 651 g/mol. The third-order valence-corrected chi connectivity index (χ3v) is 8.44. The van der Waals surface area contributed by atoms with Crippen molar-refractivity contribution in [1.82, 2.24) is 19.8 Å². The number of fused-ring (bicyclic) bond motifs is 1. The fraction of sp³-hybridized carbons (Fsp3) is 0.300. The number of benzene rings is 3. The van der Waals surface area contributed by atoms with Crippen molar-refractivity contribution in [2.75, 3.05) is 38.5 Å². The second kappa shape index (κ2) is 13.4. The number of hydrogen-bond donors (Lipinski definition) is 3. The first-order valence-electron chi connectivity index (χ1n) is 13.7. The number of carbonyl (C=O) groups excluding carboxylic acids is 1. The number of rotatable bonds is 8. The number of aliphatic hydroxyl groups excluding tert-OH is 1. The summed E-state index contributed by atoms with van der Waals surface area (Å²) in [6.07, 6.45) is -6.63. The number of aromatic hydroxyl groups is 1. The number of carbonyl (C=O) groups is 1. The van der Waals surface area contributed by atoms with Gasteiger partial charge in [0.2, 0.25) is 5.88 Å². The molecule has 0 saturated carbocycles. The van der Waals surface area contributed by atoms with Crippen LogP contribution in [0.3, 0.4) is 0 Å². The maximum absolute atomic E-state index is 14.9. The second-order valence-electron chi connectivity index (χ2n) is 10.3. The summed E-state index contributed by atoms with van der Waals surface area (Å²) in [6.45, 7) is 1.67. The normalized spacial score (nSPS) is 14.9. The van der Waals surface area contributed by atoms with Crippen molar-refractivity contribution in [1.29, 1.82) is 0 Å². The molecule has 5 rings (SSSR count). The molecule has 0 bridgehead atoms. The van der Waals surface area contributed by atoms with Crippen LogP contribution < -0.4 is 5.69 Å². The molecule has 1 aromatic heterocycles. The van der Waals surface area contributed by atoms with Crippen LogP contribution >= 0.6 is 11.8 Å². The number of β-amino-alcohol motifs (C(OH)–C–C–N with tert-alkyl or cyclic N) is 1. The number of ether oxygens (including phenoxy) is 1. The van der Waals surface area contributed by atoms with Gasteiger partial charge in [0.15, 0.2) is 0 Å². The lowest BCUT2D eigenvalue weighted by atomic mass is 9.96. The molecule has 238 valence electrons. The van der Waals surface area contributed by atoms with E-state index in [2.05, 4.69) is 9.97 Å². The first-order chi connectivity index (χ1) is 21.4. The molecule has 1 atom stereocenters. The smallest absolute Gasteiger partial charge is 0.417 e. The van der Waals surface area contributed by atoms with Crippen LogP contribution in [0.4, 0.5) is 26.7 Å². The van der Waals surface area contributed by atoms with E-state index >= 15 is 0 Å². The summed E-state index contributed by atoms with van der Waals surface area (Å²) in [6, 6.07) is 11.8. The Labute approximate surface area is 257 Å². The number of thioether (sulfide) groups is 1. The molecular formula is C30H27F5N4O5S. The zero-order valence-corrected chi connectivity index (χ0v) is 24.3. The molecule has 2 heterocycles. The van der Waals surface area contributed by atoms with Crippen molar-refractivity contribution in [2.24, 2.45) is 0 Å².